The monoisotopic (exact) mass is 274 g/mol. The lowest BCUT2D eigenvalue weighted by Crippen LogP contribution is -2.19. The van der Waals surface area contributed by atoms with Gasteiger partial charge < -0.3 is 10.4 Å². The topological polar surface area (TPSA) is 62.2 Å². The number of pyridine rings is 1. The van der Waals surface area contributed by atoms with Crippen LogP contribution in [0.25, 0.3) is 10.8 Å². The molecule has 1 fully saturated rings. The molecule has 2 aromatic rings. The Bertz CT molecular complexity index is 624. The lowest BCUT2D eigenvalue weighted by Gasteiger charge is -2.14. The third kappa shape index (κ3) is 2.38. The van der Waals surface area contributed by atoms with Crippen LogP contribution in [-0.2, 0) is 0 Å². The van der Waals surface area contributed by atoms with Crippen LogP contribution in [0.4, 0.5) is 5.82 Å². The van der Waals surface area contributed by atoms with Crippen molar-refractivity contribution in [3.8, 4) is 0 Å². The van der Waals surface area contributed by atoms with Gasteiger partial charge in [-0.2, -0.15) is 11.8 Å². The molecule has 1 aliphatic heterocycles. The van der Waals surface area contributed by atoms with E-state index in [1.165, 1.54) is 11.9 Å². The number of carboxylic acid groups (broad SMARTS) is 1. The van der Waals surface area contributed by atoms with Crippen LogP contribution >= 0.6 is 11.8 Å². The Morgan fingerprint density at radius 1 is 1.37 bits per heavy atom. The molecule has 1 unspecified atom stereocenters. The fourth-order valence-electron chi connectivity index (χ4n) is 2.32. The number of hydrogen-bond acceptors (Lipinski definition) is 4. The van der Waals surface area contributed by atoms with Gasteiger partial charge in [0.2, 0.25) is 0 Å². The van der Waals surface area contributed by atoms with E-state index in [9.17, 15) is 9.90 Å². The smallest absolute Gasteiger partial charge is 0.337 e. The molecule has 4 nitrogen and oxygen atoms in total. The standard InChI is InChI=1S/C14H14N2O2S/c17-14(18)12-7-15-13(16-9-5-6-19-8-9)11-4-2-1-3-10(11)12/h1-4,7,9H,5-6,8H2,(H,15,16)(H,17,18). The summed E-state index contributed by atoms with van der Waals surface area (Å²) in [5, 5.41) is 14.2. The van der Waals surface area contributed by atoms with E-state index >= 15 is 0 Å². The molecule has 1 atom stereocenters. The predicted octanol–water partition coefficient (Wildman–Crippen LogP) is 2.85. The molecule has 98 valence electrons. The minimum Gasteiger partial charge on any atom is -0.478 e. The number of fused-ring (bicyclic) bond motifs is 1. The van der Waals surface area contributed by atoms with E-state index in [1.807, 2.05) is 36.0 Å². The maximum atomic E-state index is 11.2. The molecule has 2 heterocycles. The summed E-state index contributed by atoms with van der Waals surface area (Å²) in [6, 6.07) is 7.93. The minimum atomic E-state index is -0.938. The quantitative estimate of drug-likeness (QED) is 0.901. The Kier molecular flexibility index (Phi) is 3.29. The molecule has 1 aromatic heterocycles. The summed E-state index contributed by atoms with van der Waals surface area (Å²) in [5.41, 5.74) is 0.252. The Morgan fingerprint density at radius 3 is 2.84 bits per heavy atom. The molecule has 0 saturated carbocycles. The van der Waals surface area contributed by atoms with Crippen molar-refractivity contribution in [2.45, 2.75) is 12.5 Å². The fourth-order valence-corrected chi connectivity index (χ4v) is 3.47. The van der Waals surface area contributed by atoms with Crippen LogP contribution < -0.4 is 5.32 Å². The van der Waals surface area contributed by atoms with Crippen molar-refractivity contribution in [1.82, 2.24) is 4.98 Å². The average molecular weight is 274 g/mol. The Labute approximate surface area is 115 Å². The van der Waals surface area contributed by atoms with Crippen LogP contribution in [0.15, 0.2) is 30.5 Å². The zero-order valence-electron chi connectivity index (χ0n) is 10.3. The number of carboxylic acids is 1. The van der Waals surface area contributed by atoms with Gasteiger partial charge in [0.05, 0.1) is 5.56 Å². The number of rotatable bonds is 3. The molecule has 3 rings (SSSR count). The number of anilines is 1. The second kappa shape index (κ2) is 5.09. The van der Waals surface area contributed by atoms with E-state index in [0.717, 1.165) is 28.8 Å². The van der Waals surface area contributed by atoms with E-state index in [4.69, 9.17) is 0 Å². The van der Waals surface area contributed by atoms with Gasteiger partial charge in [-0.05, 0) is 12.2 Å². The maximum absolute atomic E-state index is 11.2. The number of thioether (sulfide) groups is 1. The lowest BCUT2D eigenvalue weighted by molar-refractivity contribution is 0.0698. The van der Waals surface area contributed by atoms with Crippen LogP contribution in [0.2, 0.25) is 0 Å². The lowest BCUT2D eigenvalue weighted by atomic mass is 10.1. The van der Waals surface area contributed by atoms with E-state index in [2.05, 4.69) is 10.3 Å². The van der Waals surface area contributed by atoms with Crippen molar-refractivity contribution in [3.05, 3.63) is 36.0 Å². The number of aromatic carboxylic acids is 1. The predicted molar refractivity (Wildman–Crippen MR) is 78.1 cm³/mol. The summed E-state index contributed by atoms with van der Waals surface area (Å²) in [6.07, 6.45) is 2.57. The Balaban J connectivity index is 2.05. The zero-order valence-corrected chi connectivity index (χ0v) is 11.1. The van der Waals surface area contributed by atoms with Crippen molar-refractivity contribution in [2.75, 3.05) is 16.8 Å². The first-order valence-corrected chi connectivity index (χ1v) is 7.36. The molecule has 5 heteroatoms. The molecular formula is C14H14N2O2S. The molecule has 1 aliphatic rings. The largest absolute Gasteiger partial charge is 0.478 e. The summed E-state index contributed by atoms with van der Waals surface area (Å²) < 4.78 is 0. The fraction of sp³-hybridized carbons (Fsp3) is 0.286. The van der Waals surface area contributed by atoms with Gasteiger partial charge in [0.25, 0.3) is 0 Å². The molecular weight excluding hydrogens is 260 g/mol. The Morgan fingerprint density at radius 2 is 2.16 bits per heavy atom. The van der Waals surface area contributed by atoms with Gasteiger partial charge >= 0.3 is 5.97 Å². The molecule has 1 saturated heterocycles. The van der Waals surface area contributed by atoms with Gasteiger partial charge in [0, 0.05) is 28.8 Å². The SMILES string of the molecule is O=C(O)c1cnc(NC2CCSC2)c2ccccc12. The number of aromatic nitrogens is 1. The van der Waals surface area contributed by atoms with E-state index < -0.39 is 5.97 Å². The minimum absolute atomic E-state index is 0.252. The number of nitrogens with zero attached hydrogens (tertiary/aromatic N) is 1. The molecule has 2 N–H and O–H groups in total. The number of nitrogens with one attached hydrogen (secondary N) is 1. The summed E-state index contributed by atoms with van der Waals surface area (Å²) in [7, 11) is 0. The number of benzene rings is 1. The van der Waals surface area contributed by atoms with E-state index in [-0.39, 0.29) is 5.56 Å². The zero-order chi connectivity index (χ0) is 13.2. The average Bonchev–Trinajstić information content (AvgIpc) is 2.91. The summed E-state index contributed by atoms with van der Waals surface area (Å²) >= 11 is 1.93. The van der Waals surface area contributed by atoms with Crippen LogP contribution in [0.5, 0.6) is 0 Å². The molecule has 0 amide bonds. The van der Waals surface area contributed by atoms with Gasteiger partial charge in [-0.15, -0.1) is 0 Å². The van der Waals surface area contributed by atoms with Gasteiger partial charge in [-0.3, -0.25) is 0 Å². The number of carbonyl (C=O) groups is 1. The van der Waals surface area contributed by atoms with Crippen molar-refractivity contribution >= 4 is 34.3 Å². The first-order chi connectivity index (χ1) is 9.25. The molecule has 0 spiro atoms. The summed E-state index contributed by atoms with van der Waals surface area (Å²) in [6.45, 7) is 0. The van der Waals surface area contributed by atoms with Crippen molar-refractivity contribution in [3.63, 3.8) is 0 Å². The summed E-state index contributed by atoms with van der Waals surface area (Å²) in [4.78, 5) is 15.5. The first-order valence-electron chi connectivity index (χ1n) is 6.21. The van der Waals surface area contributed by atoms with Gasteiger partial charge in [-0.25, -0.2) is 9.78 Å². The maximum Gasteiger partial charge on any atom is 0.337 e. The summed E-state index contributed by atoms with van der Waals surface area (Å²) in [5.74, 6) is 2.10. The Hall–Kier alpha value is -1.75. The van der Waals surface area contributed by atoms with Gasteiger partial charge in [-0.1, -0.05) is 24.3 Å². The second-order valence-corrected chi connectivity index (χ2v) is 5.73. The number of hydrogen-bond donors (Lipinski definition) is 2. The van der Waals surface area contributed by atoms with E-state index in [1.54, 1.807) is 0 Å². The first kappa shape index (κ1) is 12.3. The van der Waals surface area contributed by atoms with E-state index in [0.29, 0.717) is 6.04 Å². The molecule has 0 aliphatic carbocycles. The van der Waals surface area contributed by atoms with Crippen molar-refractivity contribution < 1.29 is 9.90 Å². The molecule has 1 aromatic carbocycles. The third-order valence-corrected chi connectivity index (χ3v) is 4.46. The highest BCUT2D eigenvalue weighted by molar-refractivity contribution is 7.99. The van der Waals surface area contributed by atoms with Crippen LogP contribution in [0.3, 0.4) is 0 Å². The van der Waals surface area contributed by atoms with Crippen LogP contribution in [-0.4, -0.2) is 33.6 Å². The van der Waals surface area contributed by atoms with Gasteiger partial charge in [0.15, 0.2) is 0 Å². The third-order valence-electron chi connectivity index (χ3n) is 3.30. The molecule has 0 bridgehead atoms. The highest BCUT2D eigenvalue weighted by Gasteiger charge is 2.18. The normalized spacial score (nSPS) is 18.6. The van der Waals surface area contributed by atoms with Crippen LogP contribution in [0, 0.1) is 0 Å². The molecule has 0 radical (unpaired) electrons. The van der Waals surface area contributed by atoms with Gasteiger partial charge in [0.1, 0.15) is 5.82 Å². The second-order valence-electron chi connectivity index (χ2n) is 4.58. The van der Waals surface area contributed by atoms with Crippen molar-refractivity contribution in [1.29, 1.82) is 0 Å². The van der Waals surface area contributed by atoms with Crippen molar-refractivity contribution in [2.24, 2.45) is 0 Å². The molecule has 19 heavy (non-hydrogen) atoms. The highest BCUT2D eigenvalue weighted by Crippen LogP contribution is 2.27. The highest BCUT2D eigenvalue weighted by atomic mass is 32.2. The van der Waals surface area contributed by atoms with Crippen LogP contribution in [0.1, 0.15) is 16.8 Å².